The molecule has 6 nitrogen and oxygen atoms in total. The SMILES string of the molecule is CC1(C)CC(=O)C2=C(C1)n1ncc(C(=O)Nc3ccccc3)c1NC2c1ccc(Cl)cc1. The fourth-order valence-electron chi connectivity index (χ4n) is 4.51. The number of carbonyl (C=O) groups is 2. The third-order valence-electron chi connectivity index (χ3n) is 5.97. The van der Waals surface area contributed by atoms with Crippen molar-refractivity contribution >= 4 is 40.5 Å². The average molecular weight is 447 g/mol. The molecule has 3 aromatic rings. The van der Waals surface area contributed by atoms with E-state index in [0.717, 1.165) is 11.3 Å². The molecular weight excluding hydrogens is 424 g/mol. The van der Waals surface area contributed by atoms with Crippen molar-refractivity contribution in [3.8, 4) is 0 Å². The van der Waals surface area contributed by atoms with E-state index in [4.69, 9.17) is 11.6 Å². The van der Waals surface area contributed by atoms with E-state index in [-0.39, 0.29) is 23.1 Å². The number of halogens is 1. The summed E-state index contributed by atoms with van der Waals surface area (Å²) >= 11 is 6.10. The van der Waals surface area contributed by atoms with E-state index in [1.165, 1.54) is 0 Å². The molecule has 1 aliphatic heterocycles. The van der Waals surface area contributed by atoms with Crippen molar-refractivity contribution in [2.24, 2.45) is 5.41 Å². The molecule has 1 unspecified atom stereocenters. The van der Waals surface area contributed by atoms with Gasteiger partial charge in [-0.2, -0.15) is 5.10 Å². The quantitative estimate of drug-likeness (QED) is 0.552. The van der Waals surface area contributed by atoms with Crippen molar-refractivity contribution in [1.82, 2.24) is 9.78 Å². The number of ketones is 1. The molecule has 0 fully saturated rings. The zero-order chi connectivity index (χ0) is 22.5. The second-order valence-electron chi connectivity index (χ2n) is 9.07. The van der Waals surface area contributed by atoms with Crippen LogP contribution in [0, 0.1) is 5.41 Å². The first-order valence-electron chi connectivity index (χ1n) is 10.6. The summed E-state index contributed by atoms with van der Waals surface area (Å²) in [5.74, 6) is 0.424. The number of amides is 1. The lowest BCUT2D eigenvalue weighted by Gasteiger charge is -2.39. The highest BCUT2D eigenvalue weighted by atomic mass is 35.5. The number of allylic oxidation sites excluding steroid dienone is 1. The van der Waals surface area contributed by atoms with Gasteiger partial charge in [0.25, 0.3) is 5.91 Å². The summed E-state index contributed by atoms with van der Waals surface area (Å²) in [6.45, 7) is 4.17. The molecule has 5 rings (SSSR count). The van der Waals surface area contributed by atoms with Gasteiger partial charge in [0.1, 0.15) is 11.4 Å². The lowest BCUT2D eigenvalue weighted by Crippen LogP contribution is -2.36. The van der Waals surface area contributed by atoms with Gasteiger partial charge in [-0.3, -0.25) is 9.59 Å². The summed E-state index contributed by atoms with van der Waals surface area (Å²) in [6, 6.07) is 16.4. The molecular formula is C25H23ClN4O2. The second-order valence-corrected chi connectivity index (χ2v) is 9.51. The first-order valence-corrected chi connectivity index (χ1v) is 10.9. The van der Waals surface area contributed by atoms with E-state index in [2.05, 4.69) is 29.6 Å². The molecule has 2 aromatic carbocycles. The van der Waals surface area contributed by atoms with Gasteiger partial charge in [0.05, 0.1) is 17.9 Å². The van der Waals surface area contributed by atoms with Crippen molar-refractivity contribution in [1.29, 1.82) is 0 Å². The van der Waals surface area contributed by atoms with Crippen LogP contribution in [0.5, 0.6) is 0 Å². The van der Waals surface area contributed by atoms with E-state index in [1.807, 2.05) is 54.6 Å². The third-order valence-corrected chi connectivity index (χ3v) is 6.22. The van der Waals surface area contributed by atoms with E-state index in [9.17, 15) is 9.59 Å². The van der Waals surface area contributed by atoms with Gasteiger partial charge in [0.2, 0.25) is 0 Å². The molecule has 1 aliphatic carbocycles. The Labute approximate surface area is 191 Å². The normalized spacial score (nSPS) is 19.1. The molecule has 0 radical (unpaired) electrons. The molecule has 0 bridgehead atoms. The maximum Gasteiger partial charge on any atom is 0.261 e. The number of carbonyl (C=O) groups excluding carboxylic acids is 2. The molecule has 0 saturated heterocycles. The third kappa shape index (κ3) is 3.60. The largest absolute Gasteiger partial charge is 0.358 e. The molecule has 7 heteroatoms. The zero-order valence-corrected chi connectivity index (χ0v) is 18.6. The number of aromatic nitrogens is 2. The molecule has 1 atom stereocenters. The fraction of sp³-hybridized carbons (Fsp3) is 0.240. The number of Topliss-reactive ketones (excluding diaryl/α,β-unsaturated/α-hetero) is 1. The van der Waals surface area contributed by atoms with Crippen LogP contribution in [-0.4, -0.2) is 21.5 Å². The van der Waals surface area contributed by atoms with Crippen LogP contribution in [0.25, 0.3) is 5.70 Å². The highest BCUT2D eigenvalue weighted by Crippen LogP contribution is 2.47. The van der Waals surface area contributed by atoms with E-state index >= 15 is 0 Å². The van der Waals surface area contributed by atoms with Crippen LogP contribution in [0.1, 0.15) is 48.7 Å². The molecule has 162 valence electrons. The number of nitrogens with one attached hydrogen (secondary N) is 2. The van der Waals surface area contributed by atoms with Gasteiger partial charge >= 0.3 is 0 Å². The van der Waals surface area contributed by atoms with E-state index in [0.29, 0.717) is 40.5 Å². The van der Waals surface area contributed by atoms with Gasteiger partial charge in [-0.05, 0) is 41.7 Å². The van der Waals surface area contributed by atoms with E-state index < -0.39 is 0 Å². The Balaban J connectivity index is 1.60. The number of hydrogen-bond acceptors (Lipinski definition) is 4. The Bertz CT molecular complexity index is 1240. The number of anilines is 2. The topological polar surface area (TPSA) is 76.0 Å². The summed E-state index contributed by atoms with van der Waals surface area (Å²) in [5, 5.41) is 11.5. The minimum absolute atomic E-state index is 0.0973. The molecule has 32 heavy (non-hydrogen) atoms. The Morgan fingerprint density at radius 1 is 1.12 bits per heavy atom. The van der Waals surface area contributed by atoms with Gasteiger partial charge in [0.15, 0.2) is 5.78 Å². The van der Waals surface area contributed by atoms with Gasteiger partial charge in [-0.15, -0.1) is 0 Å². The number of benzene rings is 2. The standard InChI is InChI=1S/C25H23ClN4O2/c1-25(2)12-19-21(20(31)13-25)22(15-8-10-16(26)11-9-15)29-23-18(14-27-30(19)23)24(32)28-17-6-4-3-5-7-17/h3-11,14,22,29H,12-13H2,1-2H3,(H,28,32). The van der Waals surface area contributed by atoms with Crippen molar-refractivity contribution < 1.29 is 9.59 Å². The summed E-state index contributed by atoms with van der Waals surface area (Å²) in [5.41, 5.74) is 3.41. The number of fused-ring (bicyclic) bond motifs is 2. The lowest BCUT2D eigenvalue weighted by molar-refractivity contribution is -0.118. The number of nitrogens with zero attached hydrogens (tertiary/aromatic N) is 2. The Kier molecular flexibility index (Phi) is 4.90. The minimum atomic E-state index is -0.377. The van der Waals surface area contributed by atoms with Crippen LogP contribution < -0.4 is 10.6 Å². The Morgan fingerprint density at radius 3 is 2.56 bits per heavy atom. The lowest BCUT2D eigenvalue weighted by atomic mass is 9.73. The average Bonchev–Trinajstić information content (AvgIpc) is 3.18. The van der Waals surface area contributed by atoms with Crippen LogP contribution in [0.15, 0.2) is 66.4 Å². The van der Waals surface area contributed by atoms with Crippen molar-refractivity contribution in [3.05, 3.63) is 82.5 Å². The van der Waals surface area contributed by atoms with Gasteiger partial charge in [0, 0.05) is 22.7 Å². The van der Waals surface area contributed by atoms with Crippen LogP contribution in [0.4, 0.5) is 11.5 Å². The smallest absolute Gasteiger partial charge is 0.261 e. The summed E-state index contributed by atoms with van der Waals surface area (Å²) in [4.78, 5) is 26.3. The Morgan fingerprint density at radius 2 is 1.84 bits per heavy atom. The molecule has 1 amide bonds. The first-order chi connectivity index (χ1) is 15.3. The number of para-hydroxylation sites is 1. The Hall–Kier alpha value is -3.38. The minimum Gasteiger partial charge on any atom is -0.358 e. The summed E-state index contributed by atoms with van der Waals surface area (Å²) in [6.07, 6.45) is 2.71. The van der Waals surface area contributed by atoms with Crippen LogP contribution in [0.3, 0.4) is 0 Å². The van der Waals surface area contributed by atoms with Crippen LogP contribution in [-0.2, 0) is 4.79 Å². The summed E-state index contributed by atoms with van der Waals surface area (Å²) < 4.78 is 1.72. The summed E-state index contributed by atoms with van der Waals surface area (Å²) in [7, 11) is 0. The second kappa shape index (κ2) is 7.64. The molecule has 2 aliphatic rings. The predicted molar refractivity (Wildman–Crippen MR) is 126 cm³/mol. The zero-order valence-electron chi connectivity index (χ0n) is 17.9. The monoisotopic (exact) mass is 446 g/mol. The maximum absolute atomic E-state index is 13.2. The highest BCUT2D eigenvalue weighted by molar-refractivity contribution is 6.30. The number of hydrogen-bond donors (Lipinski definition) is 2. The fourth-order valence-corrected chi connectivity index (χ4v) is 4.64. The molecule has 2 N–H and O–H groups in total. The first kappa shape index (κ1) is 20.5. The van der Waals surface area contributed by atoms with Crippen molar-refractivity contribution in [2.75, 3.05) is 10.6 Å². The highest BCUT2D eigenvalue weighted by Gasteiger charge is 2.42. The maximum atomic E-state index is 13.2. The van der Waals surface area contributed by atoms with Crippen LogP contribution >= 0.6 is 11.6 Å². The predicted octanol–water partition coefficient (Wildman–Crippen LogP) is 5.56. The van der Waals surface area contributed by atoms with Gasteiger partial charge in [-0.1, -0.05) is 55.8 Å². The molecule has 0 saturated carbocycles. The van der Waals surface area contributed by atoms with Crippen LogP contribution in [0.2, 0.25) is 5.02 Å². The van der Waals surface area contributed by atoms with Crippen molar-refractivity contribution in [2.45, 2.75) is 32.7 Å². The number of rotatable bonds is 3. The molecule has 1 aromatic heterocycles. The molecule has 0 spiro atoms. The van der Waals surface area contributed by atoms with Crippen molar-refractivity contribution in [3.63, 3.8) is 0 Å². The molecule has 2 heterocycles. The van der Waals surface area contributed by atoms with Gasteiger partial charge in [-0.25, -0.2) is 4.68 Å². The van der Waals surface area contributed by atoms with Gasteiger partial charge < -0.3 is 10.6 Å². The van der Waals surface area contributed by atoms with E-state index in [1.54, 1.807) is 10.9 Å².